The molecule has 2 atom stereocenters. The number of ketones is 1. The summed E-state index contributed by atoms with van der Waals surface area (Å²) < 4.78 is 4.96. The van der Waals surface area contributed by atoms with Gasteiger partial charge in [0.1, 0.15) is 6.61 Å². The zero-order valence-electron chi connectivity index (χ0n) is 5.09. The lowest BCUT2D eigenvalue weighted by Crippen LogP contribution is -2.35. The highest BCUT2D eigenvalue weighted by molar-refractivity contribution is 7.13. The van der Waals surface area contributed by atoms with Gasteiger partial charge >= 0.3 is 0 Å². The van der Waals surface area contributed by atoms with Crippen LogP contribution in [0.25, 0.3) is 0 Å². The Morgan fingerprint density at radius 3 is 3.00 bits per heavy atom. The summed E-state index contributed by atoms with van der Waals surface area (Å²) >= 11 is 0. The van der Waals surface area contributed by atoms with Gasteiger partial charge < -0.3 is 4.74 Å². The highest BCUT2D eigenvalue weighted by Crippen LogP contribution is 2.03. The van der Waals surface area contributed by atoms with Crippen molar-refractivity contribution in [2.45, 2.75) is 12.5 Å². The molecule has 1 fully saturated rings. The summed E-state index contributed by atoms with van der Waals surface area (Å²) in [7, 11) is 2.38. The molecule has 0 aromatic carbocycles. The molecule has 9 heavy (non-hydrogen) atoms. The van der Waals surface area contributed by atoms with Crippen LogP contribution in [0, 0.1) is 0 Å². The predicted molar refractivity (Wildman–Crippen MR) is 37.1 cm³/mol. The van der Waals surface area contributed by atoms with E-state index < -0.39 is 0 Å². The van der Waals surface area contributed by atoms with Gasteiger partial charge in [-0.3, -0.25) is 9.88 Å². The van der Waals surface area contributed by atoms with Crippen LogP contribution in [0.2, 0.25) is 0 Å². The quantitative estimate of drug-likeness (QED) is 0.518. The summed E-state index contributed by atoms with van der Waals surface area (Å²) in [5.41, 5.74) is 0. The molecule has 1 aliphatic rings. The van der Waals surface area contributed by atoms with Gasteiger partial charge in [-0.05, 0) is 0 Å². The largest absolute Gasteiger partial charge is 0.372 e. The van der Waals surface area contributed by atoms with E-state index in [4.69, 9.17) is 4.74 Å². The number of ether oxygens (including phenoxy) is 1. The second-order valence-corrected chi connectivity index (χ2v) is 2.45. The van der Waals surface area contributed by atoms with Crippen LogP contribution < -0.4 is 5.09 Å². The summed E-state index contributed by atoms with van der Waals surface area (Å²) in [4.78, 5) is 10.7. The Kier molecular flexibility index (Phi) is 2.58. The maximum Gasteiger partial charge on any atom is 0.160 e. The first-order chi connectivity index (χ1) is 4.33. The fourth-order valence-corrected chi connectivity index (χ4v) is 1.03. The molecular formula is C5H10NO2P. The number of Topliss-reactive ketones (excluding diaryl/α,β-unsaturated/α-hetero) is 1. The van der Waals surface area contributed by atoms with E-state index in [9.17, 15) is 4.79 Å². The molecule has 0 aliphatic carbocycles. The minimum Gasteiger partial charge on any atom is -0.372 e. The summed E-state index contributed by atoms with van der Waals surface area (Å²) in [6, 6.07) is 0.205. The summed E-state index contributed by atoms with van der Waals surface area (Å²) in [5.74, 6) is 0.182. The van der Waals surface area contributed by atoms with Crippen LogP contribution in [0.1, 0.15) is 6.42 Å². The standard InChI is InChI=1S/C5H10NO2P/c7-5-1-4(6-9)2-8-3-5/h4,6H,1-3,9H2. The third-order valence-corrected chi connectivity index (χ3v) is 1.76. The molecule has 0 bridgehead atoms. The van der Waals surface area contributed by atoms with Gasteiger partial charge in [-0.15, -0.1) is 0 Å². The number of hydrogen-bond donors (Lipinski definition) is 1. The van der Waals surface area contributed by atoms with Gasteiger partial charge in [0.15, 0.2) is 5.78 Å². The van der Waals surface area contributed by atoms with Crippen molar-refractivity contribution in [3.8, 4) is 0 Å². The average Bonchev–Trinajstić information content (AvgIpc) is 1.88. The fourth-order valence-electron chi connectivity index (χ4n) is 0.815. The fraction of sp³-hybridized carbons (Fsp3) is 0.800. The maximum atomic E-state index is 10.7. The number of hydrogen-bond acceptors (Lipinski definition) is 3. The lowest BCUT2D eigenvalue weighted by molar-refractivity contribution is -0.128. The lowest BCUT2D eigenvalue weighted by atomic mass is 10.1. The summed E-state index contributed by atoms with van der Waals surface area (Å²) in [6.45, 7) is 0.943. The van der Waals surface area contributed by atoms with Gasteiger partial charge in [-0.1, -0.05) is 9.39 Å². The Hall–Kier alpha value is 0.0200. The smallest absolute Gasteiger partial charge is 0.160 e. The molecule has 1 N–H and O–H groups in total. The third-order valence-electron chi connectivity index (χ3n) is 1.29. The molecule has 0 amide bonds. The van der Waals surface area contributed by atoms with Crippen molar-refractivity contribution < 1.29 is 9.53 Å². The van der Waals surface area contributed by atoms with Crippen LogP contribution in [-0.2, 0) is 9.53 Å². The van der Waals surface area contributed by atoms with Crippen molar-refractivity contribution in [1.82, 2.24) is 5.09 Å². The van der Waals surface area contributed by atoms with Crippen molar-refractivity contribution in [2.75, 3.05) is 13.2 Å². The average molecular weight is 147 g/mol. The topological polar surface area (TPSA) is 38.3 Å². The number of carbonyl (C=O) groups is 1. The normalized spacial score (nSPS) is 28.6. The second-order valence-electron chi connectivity index (χ2n) is 2.12. The van der Waals surface area contributed by atoms with E-state index in [1.165, 1.54) is 0 Å². The summed E-state index contributed by atoms with van der Waals surface area (Å²) in [5, 5.41) is 2.91. The van der Waals surface area contributed by atoms with Gasteiger partial charge in [0.25, 0.3) is 0 Å². The molecule has 4 heteroatoms. The molecule has 0 spiro atoms. The second kappa shape index (κ2) is 3.25. The van der Waals surface area contributed by atoms with Crippen molar-refractivity contribution in [2.24, 2.45) is 0 Å². The molecule has 0 saturated carbocycles. The van der Waals surface area contributed by atoms with Crippen LogP contribution in [-0.4, -0.2) is 25.0 Å². The Bertz CT molecular complexity index is 118. The van der Waals surface area contributed by atoms with Crippen LogP contribution in [0.5, 0.6) is 0 Å². The Balaban J connectivity index is 2.32. The minimum atomic E-state index is 0.182. The monoisotopic (exact) mass is 147 g/mol. The van der Waals surface area contributed by atoms with Gasteiger partial charge in [-0.2, -0.15) is 0 Å². The Labute approximate surface area is 56.4 Å². The molecule has 52 valence electrons. The van der Waals surface area contributed by atoms with Gasteiger partial charge in [0.2, 0.25) is 0 Å². The van der Waals surface area contributed by atoms with Crippen LogP contribution in [0.4, 0.5) is 0 Å². The van der Waals surface area contributed by atoms with E-state index in [0.717, 1.165) is 0 Å². The first kappa shape index (κ1) is 7.13. The van der Waals surface area contributed by atoms with Crippen LogP contribution >= 0.6 is 9.39 Å². The predicted octanol–water partition coefficient (Wildman–Crippen LogP) is -0.276. The van der Waals surface area contributed by atoms with Crippen molar-refractivity contribution in [3.63, 3.8) is 0 Å². The van der Waals surface area contributed by atoms with Crippen LogP contribution in [0.3, 0.4) is 0 Å². The molecule has 0 aromatic heterocycles. The molecular weight excluding hydrogens is 137 g/mol. The molecule has 1 aliphatic heterocycles. The number of rotatable bonds is 1. The molecule has 2 unspecified atom stereocenters. The van der Waals surface area contributed by atoms with Gasteiger partial charge in [0.05, 0.1) is 6.61 Å². The molecule has 1 heterocycles. The van der Waals surface area contributed by atoms with E-state index in [-0.39, 0.29) is 11.8 Å². The Morgan fingerprint density at radius 2 is 2.56 bits per heavy atom. The van der Waals surface area contributed by atoms with Crippen molar-refractivity contribution in [3.05, 3.63) is 0 Å². The molecule has 1 saturated heterocycles. The first-order valence-corrected chi connectivity index (χ1v) is 3.46. The van der Waals surface area contributed by atoms with E-state index in [0.29, 0.717) is 19.6 Å². The van der Waals surface area contributed by atoms with E-state index in [2.05, 4.69) is 14.5 Å². The lowest BCUT2D eigenvalue weighted by Gasteiger charge is -2.19. The molecule has 1 rings (SSSR count). The highest BCUT2D eigenvalue weighted by atomic mass is 31.0. The van der Waals surface area contributed by atoms with Crippen LogP contribution in [0.15, 0.2) is 0 Å². The SMILES string of the molecule is O=C1COCC(NP)C1. The zero-order chi connectivity index (χ0) is 6.69. The maximum absolute atomic E-state index is 10.7. The molecule has 0 radical (unpaired) electrons. The number of nitrogens with one attached hydrogen (secondary N) is 1. The minimum absolute atomic E-state index is 0.182. The third kappa shape index (κ3) is 2.01. The van der Waals surface area contributed by atoms with Gasteiger partial charge in [-0.25, -0.2) is 0 Å². The van der Waals surface area contributed by atoms with E-state index in [1.807, 2.05) is 0 Å². The van der Waals surface area contributed by atoms with Crippen molar-refractivity contribution in [1.29, 1.82) is 0 Å². The van der Waals surface area contributed by atoms with Crippen molar-refractivity contribution >= 4 is 15.2 Å². The van der Waals surface area contributed by atoms with E-state index in [1.54, 1.807) is 0 Å². The molecule has 3 nitrogen and oxygen atoms in total. The molecule has 0 aromatic rings. The first-order valence-electron chi connectivity index (χ1n) is 2.88. The van der Waals surface area contributed by atoms with Gasteiger partial charge in [0, 0.05) is 12.5 Å². The zero-order valence-corrected chi connectivity index (χ0v) is 6.25. The summed E-state index contributed by atoms with van der Waals surface area (Å²) in [6.07, 6.45) is 0.601. The highest BCUT2D eigenvalue weighted by Gasteiger charge is 2.17. The van der Waals surface area contributed by atoms with E-state index >= 15 is 0 Å². The Morgan fingerprint density at radius 1 is 1.78 bits per heavy atom. The number of carbonyl (C=O) groups excluding carboxylic acids is 1.